The lowest BCUT2D eigenvalue weighted by atomic mass is 9.86. The Hall–Kier alpha value is -3.38. The van der Waals surface area contributed by atoms with Crippen molar-refractivity contribution >= 4 is 28.3 Å². The molecule has 2 aromatic heterocycles. The molecule has 4 aromatic rings. The molecule has 138 valence electrons. The maximum absolute atomic E-state index is 13.2. The van der Waals surface area contributed by atoms with Crippen LogP contribution in [0, 0.1) is 0 Å². The molecule has 0 bridgehead atoms. The quantitative estimate of drug-likeness (QED) is 0.398. The molecule has 1 aliphatic rings. The van der Waals surface area contributed by atoms with Crippen LogP contribution < -0.4 is 10.2 Å². The van der Waals surface area contributed by atoms with Crippen molar-refractivity contribution in [3.63, 3.8) is 0 Å². The number of ether oxygens (including phenoxy) is 1. The first-order valence-corrected chi connectivity index (χ1v) is 9.67. The van der Waals surface area contributed by atoms with E-state index in [0.29, 0.717) is 16.7 Å². The highest BCUT2D eigenvalue weighted by molar-refractivity contribution is 7.08. The molecule has 28 heavy (non-hydrogen) atoms. The number of hydrogen-bond acceptors (Lipinski definition) is 6. The van der Waals surface area contributed by atoms with Crippen LogP contribution in [0.3, 0.4) is 0 Å². The Morgan fingerprint density at radius 3 is 2.68 bits per heavy atom. The van der Waals surface area contributed by atoms with Crippen molar-refractivity contribution < 1.29 is 19.1 Å². The topological polar surface area (TPSA) is 76.7 Å². The normalized spacial score (nSPS) is 16.0. The number of phenolic OH excluding ortho intramolecular Hbond substituents is 1. The number of carbonyl (C=O) groups excluding carboxylic acids is 1. The minimum Gasteiger partial charge on any atom is -0.507 e. The van der Waals surface area contributed by atoms with Crippen LogP contribution in [0.1, 0.15) is 23.5 Å². The fraction of sp³-hybridized carbons (Fsp3) is 0.0909. The van der Waals surface area contributed by atoms with Gasteiger partial charge in [0.2, 0.25) is 5.43 Å². The monoisotopic (exact) mass is 390 g/mol. The molecule has 0 aliphatic carbocycles. The summed E-state index contributed by atoms with van der Waals surface area (Å²) in [5.41, 5.74) is 2.56. The molecule has 6 heteroatoms. The molecule has 0 fully saturated rings. The molecule has 0 saturated carbocycles. The fourth-order valence-corrected chi connectivity index (χ4v) is 4.42. The molecular weight excluding hydrogens is 376 g/mol. The number of esters is 1. The second-order valence-corrected chi connectivity index (χ2v) is 7.42. The molecule has 1 N–H and O–H groups in total. The summed E-state index contributed by atoms with van der Waals surface area (Å²) >= 11 is 1.53. The number of fused-ring (bicyclic) bond motifs is 3. The maximum atomic E-state index is 13.2. The first kappa shape index (κ1) is 16.8. The highest BCUT2D eigenvalue weighted by atomic mass is 32.1. The van der Waals surface area contributed by atoms with Crippen LogP contribution in [0.5, 0.6) is 11.5 Å². The Morgan fingerprint density at radius 1 is 1.11 bits per heavy atom. The van der Waals surface area contributed by atoms with E-state index in [1.807, 2.05) is 47.2 Å². The smallest absolute Gasteiger partial charge is 0.312 e. The van der Waals surface area contributed by atoms with E-state index in [9.17, 15) is 14.7 Å². The number of aromatic hydroxyl groups is 1. The fourth-order valence-electron chi connectivity index (χ4n) is 3.71. The standard InChI is InChI=1S/C22H14O5S/c23-16-9-17-19(14(8-18(24)27-17)13-6-7-28-11-13)22-20(16)21(25)15(10-26-22)12-4-2-1-3-5-12/h1-7,9-11,14,23H,8H2. The van der Waals surface area contributed by atoms with Gasteiger partial charge in [0.05, 0.1) is 12.0 Å². The van der Waals surface area contributed by atoms with E-state index in [0.717, 1.165) is 5.56 Å². The van der Waals surface area contributed by atoms with E-state index in [2.05, 4.69) is 0 Å². The van der Waals surface area contributed by atoms with E-state index in [1.165, 1.54) is 23.7 Å². The summed E-state index contributed by atoms with van der Waals surface area (Å²) in [6, 6.07) is 12.4. The van der Waals surface area contributed by atoms with Gasteiger partial charge < -0.3 is 14.3 Å². The first-order chi connectivity index (χ1) is 13.6. The predicted molar refractivity (Wildman–Crippen MR) is 106 cm³/mol. The van der Waals surface area contributed by atoms with Crippen molar-refractivity contribution in [2.75, 3.05) is 0 Å². The minimum atomic E-state index is -0.384. The van der Waals surface area contributed by atoms with Crippen LogP contribution in [0.4, 0.5) is 0 Å². The second-order valence-electron chi connectivity index (χ2n) is 6.64. The number of benzene rings is 2. The Kier molecular flexibility index (Phi) is 3.80. The lowest BCUT2D eigenvalue weighted by molar-refractivity contribution is -0.135. The molecule has 5 rings (SSSR count). The van der Waals surface area contributed by atoms with Crippen molar-refractivity contribution in [1.29, 1.82) is 0 Å². The Bertz CT molecular complexity index is 1260. The highest BCUT2D eigenvalue weighted by Gasteiger charge is 2.33. The van der Waals surface area contributed by atoms with Crippen LogP contribution in [0.2, 0.25) is 0 Å². The largest absolute Gasteiger partial charge is 0.507 e. The van der Waals surface area contributed by atoms with E-state index in [1.54, 1.807) is 0 Å². The van der Waals surface area contributed by atoms with Crippen LogP contribution in [-0.2, 0) is 4.79 Å². The minimum absolute atomic E-state index is 0.0956. The van der Waals surface area contributed by atoms with Gasteiger partial charge in [-0.2, -0.15) is 11.3 Å². The van der Waals surface area contributed by atoms with Gasteiger partial charge in [0, 0.05) is 17.5 Å². The molecule has 0 radical (unpaired) electrons. The number of thiophene rings is 1. The van der Waals surface area contributed by atoms with Crippen molar-refractivity contribution in [1.82, 2.24) is 0 Å². The van der Waals surface area contributed by atoms with E-state index < -0.39 is 0 Å². The molecule has 3 heterocycles. The molecule has 1 atom stereocenters. The number of carbonyl (C=O) groups is 1. The van der Waals surface area contributed by atoms with Crippen molar-refractivity contribution in [2.45, 2.75) is 12.3 Å². The molecule has 1 unspecified atom stereocenters. The summed E-state index contributed by atoms with van der Waals surface area (Å²) in [5, 5.41) is 14.5. The zero-order valence-corrected chi connectivity index (χ0v) is 15.4. The van der Waals surface area contributed by atoms with E-state index in [-0.39, 0.29) is 46.2 Å². The maximum Gasteiger partial charge on any atom is 0.312 e. The molecule has 0 saturated heterocycles. The highest BCUT2D eigenvalue weighted by Crippen LogP contribution is 2.45. The predicted octanol–water partition coefficient (Wildman–Crippen LogP) is 4.67. The molecule has 1 aliphatic heterocycles. The number of phenols is 1. The second kappa shape index (κ2) is 6.35. The Labute approximate surface area is 163 Å². The van der Waals surface area contributed by atoms with Crippen molar-refractivity contribution in [3.8, 4) is 22.6 Å². The SMILES string of the molecule is O=C1CC(c2ccsc2)c2c(cc(O)c3c(=O)c(-c4ccccc4)coc23)O1. The average Bonchev–Trinajstić information content (AvgIpc) is 3.22. The van der Waals surface area contributed by atoms with Crippen LogP contribution in [0.15, 0.2) is 68.7 Å². The van der Waals surface area contributed by atoms with Gasteiger partial charge in [0.1, 0.15) is 28.7 Å². The lowest BCUT2D eigenvalue weighted by Gasteiger charge is -2.25. The molecular formula is C22H14O5S. The summed E-state index contributed by atoms with van der Waals surface area (Å²) in [7, 11) is 0. The zero-order chi connectivity index (χ0) is 19.3. The molecule has 2 aromatic carbocycles. The van der Waals surface area contributed by atoms with Gasteiger partial charge in [0.25, 0.3) is 0 Å². The molecule has 0 amide bonds. The Balaban J connectivity index is 1.82. The first-order valence-electron chi connectivity index (χ1n) is 8.73. The van der Waals surface area contributed by atoms with Gasteiger partial charge in [-0.25, -0.2) is 0 Å². The summed E-state index contributed by atoms with van der Waals surface area (Å²) in [6.45, 7) is 0. The summed E-state index contributed by atoms with van der Waals surface area (Å²) in [4.78, 5) is 25.3. The van der Waals surface area contributed by atoms with Crippen molar-refractivity contribution in [3.05, 3.63) is 80.8 Å². The third kappa shape index (κ3) is 2.53. The van der Waals surface area contributed by atoms with Gasteiger partial charge in [-0.3, -0.25) is 9.59 Å². The average molecular weight is 390 g/mol. The van der Waals surface area contributed by atoms with Gasteiger partial charge in [-0.05, 0) is 28.0 Å². The van der Waals surface area contributed by atoms with Gasteiger partial charge in [0.15, 0.2) is 0 Å². The lowest BCUT2D eigenvalue weighted by Crippen LogP contribution is -2.21. The van der Waals surface area contributed by atoms with Gasteiger partial charge >= 0.3 is 5.97 Å². The third-order valence-corrected chi connectivity index (χ3v) is 5.70. The summed E-state index contributed by atoms with van der Waals surface area (Å²) in [5.74, 6) is -0.714. The van der Waals surface area contributed by atoms with Crippen LogP contribution in [0.25, 0.3) is 22.1 Å². The summed E-state index contributed by atoms with van der Waals surface area (Å²) < 4.78 is 11.2. The zero-order valence-electron chi connectivity index (χ0n) is 14.5. The Morgan fingerprint density at radius 2 is 1.93 bits per heavy atom. The van der Waals surface area contributed by atoms with Crippen LogP contribution >= 0.6 is 11.3 Å². The number of hydrogen-bond donors (Lipinski definition) is 1. The third-order valence-electron chi connectivity index (χ3n) is 5.00. The molecule has 5 nitrogen and oxygen atoms in total. The van der Waals surface area contributed by atoms with Gasteiger partial charge in [-0.1, -0.05) is 30.3 Å². The summed E-state index contributed by atoms with van der Waals surface area (Å²) in [6.07, 6.45) is 1.55. The van der Waals surface area contributed by atoms with Gasteiger partial charge in [-0.15, -0.1) is 0 Å². The number of rotatable bonds is 2. The van der Waals surface area contributed by atoms with Crippen LogP contribution in [-0.4, -0.2) is 11.1 Å². The van der Waals surface area contributed by atoms with E-state index >= 15 is 0 Å². The van der Waals surface area contributed by atoms with E-state index in [4.69, 9.17) is 9.15 Å². The van der Waals surface area contributed by atoms with Crippen molar-refractivity contribution in [2.24, 2.45) is 0 Å². The molecule has 0 spiro atoms.